The first-order chi connectivity index (χ1) is 11.0. The van der Waals surface area contributed by atoms with Crippen molar-refractivity contribution in [2.75, 3.05) is 0 Å². The van der Waals surface area contributed by atoms with E-state index in [1.807, 2.05) is 19.9 Å². The van der Waals surface area contributed by atoms with Crippen molar-refractivity contribution in [3.63, 3.8) is 0 Å². The highest BCUT2D eigenvalue weighted by Gasteiger charge is 2.35. The Kier molecular flexibility index (Phi) is 12.4. The van der Waals surface area contributed by atoms with E-state index in [4.69, 9.17) is 0 Å². The van der Waals surface area contributed by atoms with Crippen molar-refractivity contribution in [2.45, 2.75) is 72.3 Å². The fraction of sp³-hybridized carbons (Fsp3) is 0.667. The van der Waals surface area contributed by atoms with E-state index >= 15 is 0 Å². The quantitative estimate of drug-likeness (QED) is 0.534. The molecule has 1 N–H and O–H groups in total. The van der Waals surface area contributed by atoms with Gasteiger partial charge in [-0.25, -0.2) is 0 Å². The summed E-state index contributed by atoms with van der Waals surface area (Å²) < 4.78 is 0. The largest absolute Gasteiger partial charge is 0.392 e. The summed E-state index contributed by atoms with van der Waals surface area (Å²) in [4.78, 5) is 12.0. The molecule has 3 unspecified atom stereocenters. The maximum Gasteiger partial charge on any atom is 0.138 e. The SMILES string of the molecule is C=CCC1CCCC(=O)C1C(O)CC/C=C/C(C)C.CC#CC. The lowest BCUT2D eigenvalue weighted by Crippen LogP contribution is -2.37. The van der Waals surface area contributed by atoms with Crippen LogP contribution in [-0.2, 0) is 4.79 Å². The summed E-state index contributed by atoms with van der Waals surface area (Å²) >= 11 is 0. The summed E-state index contributed by atoms with van der Waals surface area (Å²) in [6.45, 7) is 11.7. The van der Waals surface area contributed by atoms with E-state index in [9.17, 15) is 9.90 Å². The van der Waals surface area contributed by atoms with Crippen LogP contribution in [0.15, 0.2) is 24.8 Å². The molecule has 0 aliphatic heterocycles. The number of rotatable bonds is 7. The van der Waals surface area contributed by atoms with Gasteiger partial charge in [0.2, 0.25) is 0 Å². The number of allylic oxidation sites excluding steroid dienone is 3. The van der Waals surface area contributed by atoms with Crippen molar-refractivity contribution >= 4 is 5.78 Å². The fourth-order valence-corrected chi connectivity index (χ4v) is 2.97. The minimum Gasteiger partial charge on any atom is -0.392 e. The lowest BCUT2D eigenvalue weighted by atomic mass is 9.73. The molecule has 0 heterocycles. The molecule has 0 aromatic heterocycles. The molecule has 1 rings (SSSR count). The van der Waals surface area contributed by atoms with E-state index in [2.05, 4.69) is 44.4 Å². The monoisotopic (exact) mass is 318 g/mol. The summed E-state index contributed by atoms with van der Waals surface area (Å²) in [7, 11) is 0. The zero-order valence-electron chi connectivity index (χ0n) is 15.3. The summed E-state index contributed by atoms with van der Waals surface area (Å²) in [6.07, 6.45) is 10.7. The van der Waals surface area contributed by atoms with Gasteiger partial charge in [0, 0.05) is 12.3 Å². The van der Waals surface area contributed by atoms with Gasteiger partial charge in [-0.3, -0.25) is 4.79 Å². The number of Topliss-reactive ketones (excluding diaryl/α,β-unsaturated/α-hetero) is 1. The Morgan fingerprint density at radius 2 is 2.00 bits per heavy atom. The summed E-state index contributed by atoms with van der Waals surface area (Å²) in [5.41, 5.74) is 0. The zero-order chi connectivity index (χ0) is 17.7. The molecule has 130 valence electrons. The molecule has 0 aromatic rings. The Morgan fingerprint density at radius 1 is 1.35 bits per heavy atom. The molecule has 2 heteroatoms. The molecule has 0 bridgehead atoms. The van der Waals surface area contributed by atoms with Crippen molar-refractivity contribution in [3.8, 4) is 11.8 Å². The number of hydrogen-bond donors (Lipinski definition) is 1. The van der Waals surface area contributed by atoms with Crippen LogP contribution in [-0.4, -0.2) is 17.0 Å². The number of carbonyl (C=O) groups excluding carboxylic acids is 1. The second-order valence-electron chi connectivity index (χ2n) is 6.49. The molecule has 0 radical (unpaired) electrons. The van der Waals surface area contributed by atoms with Crippen LogP contribution in [0.3, 0.4) is 0 Å². The van der Waals surface area contributed by atoms with Crippen LogP contribution in [0.5, 0.6) is 0 Å². The van der Waals surface area contributed by atoms with Crippen LogP contribution in [0.2, 0.25) is 0 Å². The smallest absolute Gasteiger partial charge is 0.138 e. The third-order valence-electron chi connectivity index (χ3n) is 4.16. The molecule has 1 aliphatic rings. The molecule has 1 aliphatic carbocycles. The Bertz CT molecular complexity index is 417. The molecule has 2 nitrogen and oxygen atoms in total. The van der Waals surface area contributed by atoms with Gasteiger partial charge in [-0.1, -0.05) is 32.1 Å². The summed E-state index contributed by atoms with van der Waals surface area (Å²) in [5, 5.41) is 10.3. The molecule has 3 atom stereocenters. The van der Waals surface area contributed by atoms with Gasteiger partial charge in [-0.2, -0.15) is 0 Å². The normalized spacial score (nSPS) is 22.1. The maximum absolute atomic E-state index is 12.0. The van der Waals surface area contributed by atoms with Crippen LogP contribution in [0, 0.1) is 29.6 Å². The number of carbonyl (C=O) groups is 1. The Hall–Kier alpha value is -1.33. The molecule has 1 fully saturated rings. The second-order valence-corrected chi connectivity index (χ2v) is 6.49. The molecular formula is C21H34O2. The fourth-order valence-electron chi connectivity index (χ4n) is 2.97. The highest BCUT2D eigenvalue weighted by molar-refractivity contribution is 5.82. The number of ketones is 1. The zero-order valence-corrected chi connectivity index (χ0v) is 15.3. The molecular weight excluding hydrogens is 284 g/mol. The van der Waals surface area contributed by atoms with E-state index in [0.29, 0.717) is 24.7 Å². The molecule has 0 amide bonds. The van der Waals surface area contributed by atoms with E-state index in [1.54, 1.807) is 0 Å². The van der Waals surface area contributed by atoms with Crippen LogP contribution in [0.1, 0.15) is 66.2 Å². The van der Waals surface area contributed by atoms with Crippen LogP contribution in [0.25, 0.3) is 0 Å². The maximum atomic E-state index is 12.0. The minimum atomic E-state index is -0.491. The van der Waals surface area contributed by atoms with Crippen molar-refractivity contribution in [3.05, 3.63) is 24.8 Å². The first kappa shape index (κ1) is 21.7. The minimum absolute atomic E-state index is 0.167. The van der Waals surface area contributed by atoms with Crippen LogP contribution >= 0.6 is 0 Å². The molecule has 23 heavy (non-hydrogen) atoms. The summed E-state index contributed by atoms with van der Waals surface area (Å²) in [5.74, 6) is 6.28. The van der Waals surface area contributed by atoms with Gasteiger partial charge in [0.05, 0.1) is 6.10 Å². The Morgan fingerprint density at radius 3 is 2.52 bits per heavy atom. The van der Waals surface area contributed by atoms with Gasteiger partial charge in [0.25, 0.3) is 0 Å². The molecule has 1 saturated carbocycles. The molecule has 0 aromatic carbocycles. The standard InChI is InChI=1S/C17H28O2.C4H6/c1-4-8-14-10-7-12-16(19)17(14)15(18)11-6-5-9-13(2)3;1-3-4-2/h4-5,9,13-15,17-18H,1,6-8,10-12H2,2-3H3;1-2H3/b9-5+;. The van der Waals surface area contributed by atoms with Crippen molar-refractivity contribution < 1.29 is 9.90 Å². The van der Waals surface area contributed by atoms with Gasteiger partial charge in [0.1, 0.15) is 5.78 Å². The number of hydrogen-bond acceptors (Lipinski definition) is 2. The summed E-state index contributed by atoms with van der Waals surface area (Å²) in [6, 6.07) is 0. The first-order valence-electron chi connectivity index (χ1n) is 8.79. The van der Waals surface area contributed by atoms with Gasteiger partial charge in [0.15, 0.2) is 0 Å². The number of aliphatic hydroxyl groups excluding tert-OH is 1. The predicted molar refractivity (Wildman–Crippen MR) is 99.0 cm³/mol. The lowest BCUT2D eigenvalue weighted by Gasteiger charge is -2.33. The highest BCUT2D eigenvalue weighted by atomic mass is 16.3. The van der Waals surface area contributed by atoms with Gasteiger partial charge in [-0.05, 0) is 57.8 Å². The van der Waals surface area contributed by atoms with Gasteiger partial charge in [-0.15, -0.1) is 18.4 Å². The second kappa shape index (κ2) is 13.1. The van der Waals surface area contributed by atoms with Crippen molar-refractivity contribution in [1.29, 1.82) is 0 Å². The van der Waals surface area contributed by atoms with E-state index in [-0.39, 0.29) is 11.7 Å². The highest BCUT2D eigenvalue weighted by Crippen LogP contribution is 2.33. The molecule has 0 saturated heterocycles. The van der Waals surface area contributed by atoms with Crippen LogP contribution < -0.4 is 0 Å². The van der Waals surface area contributed by atoms with Crippen LogP contribution in [0.4, 0.5) is 0 Å². The number of aliphatic hydroxyl groups is 1. The third-order valence-corrected chi connectivity index (χ3v) is 4.16. The van der Waals surface area contributed by atoms with Gasteiger partial charge >= 0.3 is 0 Å². The Balaban J connectivity index is 0.00000108. The average Bonchev–Trinajstić information content (AvgIpc) is 2.52. The molecule has 0 spiro atoms. The first-order valence-corrected chi connectivity index (χ1v) is 8.79. The van der Waals surface area contributed by atoms with E-state index < -0.39 is 6.10 Å². The van der Waals surface area contributed by atoms with E-state index in [0.717, 1.165) is 25.7 Å². The van der Waals surface area contributed by atoms with Crippen molar-refractivity contribution in [1.82, 2.24) is 0 Å². The van der Waals surface area contributed by atoms with E-state index in [1.165, 1.54) is 0 Å². The lowest BCUT2D eigenvalue weighted by molar-refractivity contribution is -0.131. The van der Waals surface area contributed by atoms with Crippen molar-refractivity contribution in [2.24, 2.45) is 17.8 Å². The average molecular weight is 319 g/mol. The topological polar surface area (TPSA) is 37.3 Å². The Labute approximate surface area is 143 Å². The third kappa shape index (κ3) is 9.41. The predicted octanol–water partition coefficient (Wildman–Crippen LogP) is 4.93. The van der Waals surface area contributed by atoms with Gasteiger partial charge < -0.3 is 5.11 Å².